The lowest BCUT2D eigenvalue weighted by atomic mass is 10.2. The van der Waals surface area contributed by atoms with Crippen molar-refractivity contribution < 1.29 is 18.0 Å². The summed E-state index contributed by atoms with van der Waals surface area (Å²) in [4.78, 5) is 39.9. The van der Waals surface area contributed by atoms with Gasteiger partial charge in [0.05, 0.1) is 35.5 Å². The number of amides is 2. The molecule has 1 unspecified atom stereocenters. The van der Waals surface area contributed by atoms with E-state index in [4.69, 9.17) is 0 Å². The van der Waals surface area contributed by atoms with Crippen molar-refractivity contribution in [1.29, 1.82) is 0 Å². The number of aromatic nitrogens is 4. The number of anilines is 2. The number of hydrogen-bond donors (Lipinski definition) is 2. The number of rotatable bonds is 5. The summed E-state index contributed by atoms with van der Waals surface area (Å²) in [6.45, 7) is 1.08. The van der Waals surface area contributed by atoms with Crippen LogP contribution in [0.1, 0.15) is 19.4 Å². The first-order chi connectivity index (χ1) is 14.7. The van der Waals surface area contributed by atoms with Crippen molar-refractivity contribution in [2.24, 2.45) is 0 Å². The Labute approximate surface area is 177 Å². The highest BCUT2D eigenvalue weighted by molar-refractivity contribution is 7.91. The lowest BCUT2D eigenvalue weighted by molar-refractivity contribution is -0.117. The van der Waals surface area contributed by atoms with E-state index in [9.17, 15) is 22.8 Å². The van der Waals surface area contributed by atoms with E-state index in [-0.39, 0.29) is 30.0 Å². The topological polar surface area (TPSA) is 145 Å². The Balaban J connectivity index is 1.57. The maximum atomic E-state index is 12.6. The molecular weight excluding hydrogens is 424 g/mol. The fraction of sp³-hybridized carbons (Fsp3) is 0.316. The van der Waals surface area contributed by atoms with E-state index in [1.165, 1.54) is 23.9 Å². The third kappa shape index (κ3) is 4.48. The summed E-state index contributed by atoms with van der Waals surface area (Å²) in [5.74, 6) is -0.632. The number of sulfone groups is 1. The first kappa shape index (κ1) is 20.7. The highest BCUT2D eigenvalue weighted by Gasteiger charge is 2.31. The molecule has 2 N–H and O–H groups in total. The van der Waals surface area contributed by atoms with Gasteiger partial charge in [-0.05, 0) is 24.6 Å². The van der Waals surface area contributed by atoms with Crippen molar-refractivity contribution in [3.63, 3.8) is 0 Å². The SMILES string of the molecule is CC(=O)Nc1cccc(NC(=O)Cn2c(=O)ncc3c2cnn3C2CCS(=O)(=O)C2)c1. The third-order valence-corrected chi connectivity index (χ3v) is 6.71. The van der Waals surface area contributed by atoms with Gasteiger partial charge in [-0.3, -0.25) is 18.8 Å². The van der Waals surface area contributed by atoms with Crippen LogP contribution in [0.3, 0.4) is 0 Å². The zero-order valence-electron chi connectivity index (χ0n) is 16.6. The predicted octanol–water partition coefficient (Wildman–Crippen LogP) is 0.550. The molecule has 3 heterocycles. The minimum absolute atomic E-state index is 0.0198. The second kappa shape index (κ2) is 7.95. The molecule has 2 amide bonds. The molecule has 0 spiro atoms. The van der Waals surface area contributed by atoms with E-state index in [2.05, 4.69) is 20.7 Å². The zero-order chi connectivity index (χ0) is 22.2. The largest absolute Gasteiger partial charge is 0.348 e. The molecule has 0 bridgehead atoms. The maximum Gasteiger partial charge on any atom is 0.348 e. The summed E-state index contributed by atoms with van der Waals surface area (Å²) < 4.78 is 26.4. The van der Waals surface area contributed by atoms with Crippen molar-refractivity contribution in [2.45, 2.75) is 25.9 Å². The molecule has 4 rings (SSSR count). The number of carbonyl (C=O) groups is 2. The van der Waals surface area contributed by atoms with Gasteiger partial charge in [-0.25, -0.2) is 13.2 Å². The molecule has 1 aliphatic heterocycles. The molecule has 0 saturated carbocycles. The number of nitrogens with zero attached hydrogens (tertiary/aromatic N) is 4. The summed E-state index contributed by atoms with van der Waals surface area (Å²) in [6, 6.07) is 6.28. The van der Waals surface area contributed by atoms with Gasteiger partial charge in [0.2, 0.25) is 11.8 Å². The van der Waals surface area contributed by atoms with Crippen molar-refractivity contribution in [3.05, 3.63) is 47.1 Å². The molecule has 0 radical (unpaired) electrons. The second-order valence-electron chi connectivity index (χ2n) is 7.35. The van der Waals surface area contributed by atoms with Gasteiger partial charge in [-0.15, -0.1) is 0 Å². The van der Waals surface area contributed by atoms with Crippen LogP contribution < -0.4 is 16.3 Å². The fourth-order valence-corrected chi connectivity index (χ4v) is 5.31. The van der Waals surface area contributed by atoms with Crippen molar-refractivity contribution in [1.82, 2.24) is 19.3 Å². The molecule has 1 saturated heterocycles. The normalized spacial score (nSPS) is 17.5. The van der Waals surface area contributed by atoms with Gasteiger partial charge < -0.3 is 10.6 Å². The van der Waals surface area contributed by atoms with Gasteiger partial charge in [0.25, 0.3) is 0 Å². The Morgan fingerprint density at radius 1 is 1.16 bits per heavy atom. The summed E-state index contributed by atoms with van der Waals surface area (Å²) in [7, 11) is -3.11. The van der Waals surface area contributed by atoms with E-state index < -0.39 is 21.4 Å². The molecule has 11 nitrogen and oxygen atoms in total. The number of fused-ring (bicyclic) bond motifs is 1. The Morgan fingerprint density at radius 3 is 2.58 bits per heavy atom. The number of benzene rings is 1. The Hall–Kier alpha value is -3.54. The van der Waals surface area contributed by atoms with Crippen LogP contribution >= 0.6 is 0 Å². The molecule has 0 aliphatic carbocycles. The fourth-order valence-electron chi connectivity index (χ4n) is 3.62. The average molecular weight is 444 g/mol. The van der Waals surface area contributed by atoms with E-state index in [1.807, 2.05) is 0 Å². The van der Waals surface area contributed by atoms with Crippen molar-refractivity contribution in [3.8, 4) is 0 Å². The molecule has 1 aromatic carbocycles. The highest BCUT2D eigenvalue weighted by atomic mass is 32.2. The smallest absolute Gasteiger partial charge is 0.326 e. The molecule has 31 heavy (non-hydrogen) atoms. The van der Waals surface area contributed by atoms with Crippen molar-refractivity contribution in [2.75, 3.05) is 22.1 Å². The standard InChI is InChI=1S/C19H20N6O5S/c1-12(26)22-13-3-2-4-14(7-13)23-18(27)10-24-16-9-21-25(17(16)8-20-19(24)28)15-5-6-31(29,30)11-15/h2-4,7-9,15H,5-6,10-11H2,1H3,(H,22,26)(H,23,27). The molecule has 1 fully saturated rings. The summed E-state index contributed by atoms with van der Waals surface area (Å²) in [5.41, 5.74) is 1.25. The van der Waals surface area contributed by atoms with Crippen LogP contribution in [0.4, 0.5) is 11.4 Å². The van der Waals surface area contributed by atoms with E-state index in [0.29, 0.717) is 28.8 Å². The summed E-state index contributed by atoms with van der Waals surface area (Å²) in [6.07, 6.45) is 3.22. The lowest BCUT2D eigenvalue weighted by Gasteiger charge is -2.11. The van der Waals surface area contributed by atoms with Crippen LogP contribution in [-0.4, -0.2) is 51.1 Å². The minimum atomic E-state index is -3.11. The van der Waals surface area contributed by atoms with Gasteiger partial charge in [-0.2, -0.15) is 10.1 Å². The molecule has 1 atom stereocenters. The number of hydrogen-bond acceptors (Lipinski definition) is 7. The van der Waals surface area contributed by atoms with Gasteiger partial charge in [0, 0.05) is 18.3 Å². The zero-order valence-corrected chi connectivity index (χ0v) is 17.4. The minimum Gasteiger partial charge on any atom is -0.326 e. The van der Waals surface area contributed by atoms with Crippen LogP contribution in [-0.2, 0) is 26.0 Å². The first-order valence-corrected chi connectivity index (χ1v) is 11.3. The van der Waals surface area contributed by atoms with Crippen LogP contribution in [0.5, 0.6) is 0 Å². The molecule has 12 heteroatoms. The lowest BCUT2D eigenvalue weighted by Crippen LogP contribution is -2.29. The molecule has 162 valence electrons. The number of nitrogens with one attached hydrogen (secondary N) is 2. The summed E-state index contributed by atoms with van der Waals surface area (Å²) in [5, 5.41) is 9.57. The van der Waals surface area contributed by atoms with Crippen LogP contribution in [0.2, 0.25) is 0 Å². The van der Waals surface area contributed by atoms with Gasteiger partial charge in [0.15, 0.2) is 9.84 Å². The third-order valence-electron chi connectivity index (χ3n) is 4.96. The van der Waals surface area contributed by atoms with Gasteiger partial charge in [0.1, 0.15) is 12.1 Å². The Bertz CT molecular complexity index is 1340. The second-order valence-corrected chi connectivity index (χ2v) is 9.58. The van der Waals surface area contributed by atoms with Crippen LogP contribution in [0.15, 0.2) is 41.5 Å². The van der Waals surface area contributed by atoms with E-state index in [0.717, 1.165) is 0 Å². The predicted molar refractivity (Wildman–Crippen MR) is 113 cm³/mol. The van der Waals surface area contributed by atoms with E-state index in [1.54, 1.807) is 28.9 Å². The molecule has 1 aliphatic rings. The Morgan fingerprint density at radius 2 is 1.90 bits per heavy atom. The Kier molecular flexibility index (Phi) is 5.31. The summed E-state index contributed by atoms with van der Waals surface area (Å²) >= 11 is 0. The van der Waals surface area contributed by atoms with Gasteiger partial charge >= 0.3 is 5.69 Å². The van der Waals surface area contributed by atoms with Crippen molar-refractivity contribution >= 4 is 44.1 Å². The van der Waals surface area contributed by atoms with Crippen LogP contribution in [0, 0.1) is 0 Å². The number of carbonyl (C=O) groups excluding carboxylic acids is 2. The van der Waals surface area contributed by atoms with E-state index >= 15 is 0 Å². The average Bonchev–Trinajstić information content (AvgIpc) is 3.26. The first-order valence-electron chi connectivity index (χ1n) is 9.53. The van der Waals surface area contributed by atoms with Crippen LogP contribution in [0.25, 0.3) is 11.0 Å². The molecular formula is C19H20N6O5S. The maximum absolute atomic E-state index is 12.6. The molecule has 3 aromatic rings. The quantitative estimate of drug-likeness (QED) is 0.584. The molecule has 2 aromatic heterocycles. The monoisotopic (exact) mass is 444 g/mol. The van der Waals surface area contributed by atoms with Gasteiger partial charge in [-0.1, -0.05) is 6.07 Å². The highest BCUT2D eigenvalue weighted by Crippen LogP contribution is 2.26.